The van der Waals surface area contributed by atoms with Crippen molar-refractivity contribution in [3.05, 3.63) is 91.9 Å². The van der Waals surface area contributed by atoms with Gasteiger partial charge >= 0.3 is 0 Å². The molecule has 0 saturated heterocycles. The Balaban J connectivity index is 2.03. The first-order valence-electron chi connectivity index (χ1n) is 7.75. The Kier molecular flexibility index (Phi) is 4.35. The minimum Gasteiger partial charge on any atom is -0.285 e. The zero-order chi connectivity index (χ0) is 18.0. The summed E-state index contributed by atoms with van der Waals surface area (Å²) in [4.78, 5) is 23.2. The molecule has 0 amide bonds. The molecule has 0 fully saturated rings. The van der Waals surface area contributed by atoms with E-state index in [2.05, 4.69) is 0 Å². The minimum atomic E-state index is -0.437. The molecule has 0 aliphatic carbocycles. The number of hydrogen-bond donors (Lipinski definition) is 0. The van der Waals surface area contributed by atoms with E-state index in [-0.39, 0.29) is 11.2 Å². The molecule has 0 bridgehead atoms. The van der Waals surface area contributed by atoms with E-state index in [1.807, 2.05) is 44.3 Å². The first-order valence-corrected chi connectivity index (χ1v) is 7.75. The summed E-state index contributed by atoms with van der Waals surface area (Å²) >= 11 is 0. The Morgan fingerprint density at radius 3 is 2.44 bits per heavy atom. The summed E-state index contributed by atoms with van der Waals surface area (Å²) < 4.78 is 3.40. The first-order chi connectivity index (χ1) is 12.0. The van der Waals surface area contributed by atoms with Gasteiger partial charge in [-0.25, -0.2) is 4.68 Å². The normalized spacial score (nSPS) is 11.1. The summed E-state index contributed by atoms with van der Waals surface area (Å²) in [5.74, 6) is 0. The van der Waals surface area contributed by atoms with E-state index in [1.54, 1.807) is 33.6 Å². The highest BCUT2D eigenvalue weighted by Gasteiger charge is 2.13. The SMILES string of the molecule is Cc1c(C=Cc2cccc([N+](=O)[O-])c2)c(=O)n(-c2ccccc2)n1C. The molecule has 0 radical (unpaired) electrons. The van der Waals surface area contributed by atoms with Crippen molar-refractivity contribution < 1.29 is 4.92 Å². The standard InChI is InChI=1S/C19H17N3O3/c1-14-18(12-11-15-7-6-10-17(13-15)22(24)25)19(23)21(20(14)2)16-8-4-3-5-9-16/h3-13H,1-2H3. The van der Waals surface area contributed by atoms with Crippen LogP contribution in [0.2, 0.25) is 0 Å². The highest BCUT2D eigenvalue weighted by atomic mass is 16.6. The molecule has 0 N–H and O–H groups in total. The molecule has 0 unspecified atom stereocenters. The van der Waals surface area contributed by atoms with Crippen LogP contribution >= 0.6 is 0 Å². The number of rotatable bonds is 4. The summed E-state index contributed by atoms with van der Waals surface area (Å²) in [6, 6.07) is 15.7. The predicted octanol–water partition coefficient (Wildman–Crippen LogP) is 3.56. The molecular weight excluding hydrogens is 318 g/mol. The van der Waals surface area contributed by atoms with E-state index < -0.39 is 4.92 Å². The van der Waals surface area contributed by atoms with E-state index in [0.29, 0.717) is 11.1 Å². The number of nitrogens with zero attached hydrogens (tertiary/aromatic N) is 3. The molecule has 126 valence electrons. The lowest BCUT2D eigenvalue weighted by atomic mass is 10.1. The molecule has 0 aliphatic rings. The van der Waals surface area contributed by atoms with Crippen LogP contribution in [0.15, 0.2) is 59.4 Å². The smallest absolute Gasteiger partial charge is 0.278 e. The van der Waals surface area contributed by atoms with Gasteiger partial charge in [-0.1, -0.05) is 36.4 Å². The summed E-state index contributed by atoms with van der Waals surface area (Å²) in [6.45, 7) is 1.87. The summed E-state index contributed by atoms with van der Waals surface area (Å²) in [7, 11) is 1.83. The number of benzene rings is 2. The Labute approximate surface area is 144 Å². The molecule has 6 heteroatoms. The van der Waals surface area contributed by atoms with Gasteiger partial charge in [0, 0.05) is 24.9 Å². The molecule has 0 spiro atoms. The highest BCUT2D eigenvalue weighted by Crippen LogP contribution is 2.17. The second-order valence-corrected chi connectivity index (χ2v) is 5.66. The number of hydrogen-bond acceptors (Lipinski definition) is 3. The highest BCUT2D eigenvalue weighted by molar-refractivity contribution is 5.71. The largest absolute Gasteiger partial charge is 0.285 e. The van der Waals surface area contributed by atoms with Gasteiger partial charge in [0.1, 0.15) is 0 Å². The fourth-order valence-electron chi connectivity index (χ4n) is 2.70. The van der Waals surface area contributed by atoms with Crippen molar-refractivity contribution in [1.82, 2.24) is 9.36 Å². The van der Waals surface area contributed by atoms with Gasteiger partial charge in [-0.2, -0.15) is 0 Å². The van der Waals surface area contributed by atoms with Crippen molar-refractivity contribution >= 4 is 17.8 Å². The third kappa shape index (κ3) is 3.14. The monoisotopic (exact) mass is 335 g/mol. The lowest BCUT2D eigenvalue weighted by Crippen LogP contribution is -2.20. The summed E-state index contributed by atoms with van der Waals surface area (Å²) in [6.07, 6.45) is 3.42. The maximum atomic E-state index is 12.8. The van der Waals surface area contributed by atoms with Gasteiger partial charge in [0.15, 0.2) is 0 Å². The van der Waals surface area contributed by atoms with Crippen LogP contribution in [-0.2, 0) is 7.05 Å². The van der Waals surface area contributed by atoms with Crippen LogP contribution in [0.1, 0.15) is 16.8 Å². The third-order valence-corrected chi connectivity index (χ3v) is 4.12. The second kappa shape index (κ2) is 6.60. The maximum absolute atomic E-state index is 12.8. The van der Waals surface area contributed by atoms with Crippen molar-refractivity contribution in [2.24, 2.45) is 7.05 Å². The second-order valence-electron chi connectivity index (χ2n) is 5.66. The Morgan fingerprint density at radius 1 is 1.04 bits per heavy atom. The molecule has 1 aromatic heterocycles. The molecular formula is C19H17N3O3. The zero-order valence-corrected chi connectivity index (χ0v) is 13.9. The quantitative estimate of drug-likeness (QED) is 0.541. The van der Waals surface area contributed by atoms with Crippen molar-refractivity contribution in [2.45, 2.75) is 6.92 Å². The number of para-hydroxylation sites is 1. The molecule has 2 aromatic carbocycles. The Morgan fingerprint density at radius 2 is 1.76 bits per heavy atom. The predicted molar refractivity (Wildman–Crippen MR) is 97.8 cm³/mol. The van der Waals surface area contributed by atoms with Crippen molar-refractivity contribution in [1.29, 1.82) is 0 Å². The lowest BCUT2D eigenvalue weighted by Gasteiger charge is -2.07. The summed E-state index contributed by atoms with van der Waals surface area (Å²) in [5, 5.41) is 10.9. The third-order valence-electron chi connectivity index (χ3n) is 4.12. The lowest BCUT2D eigenvalue weighted by molar-refractivity contribution is -0.384. The van der Waals surface area contributed by atoms with Crippen molar-refractivity contribution in [2.75, 3.05) is 0 Å². The number of nitro groups is 1. The fourth-order valence-corrected chi connectivity index (χ4v) is 2.70. The zero-order valence-electron chi connectivity index (χ0n) is 13.9. The molecule has 25 heavy (non-hydrogen) atoms. The van der Waals surface area contributed by atoms with Crippen LogP contribution in [0.3, 0.4) is 0 Å². The van der Waals surface area contributed by atoms with Gasteiger partial charge in [-0.05, 0) is 30.7 Å². The van der Waals surface area contributed by atoms with E-state index >= 15 is 0 Å². The maximum Gasteiger partial charge on any atom is 0.278 e. The first kappa shape index (κ1) is 16.4. The van der Waals surface area contributed by atoms with E-state index in [4.69, 9.17) is 0 Å². The number of non-ortho nitro benzene ring substituents is 1. The van der Waals surface area contributed by atoms with Crippen LogP contribution < -0.4 is 5.56 Å². The van der Waals surface area contributed by atoms with Crippen LogP contribution in [0.25, 0.3) is 17.8 Å². The topological polar surface area (TPSA) is 70.1 Å². The fraction of sp³-hybridized carbons (Fsp3) is 0.105. The van der Waals surface area contributed by atoms with Crippen molar-refractivity contribution in [3.8, 4) is 5.69 Å². The average Bonchev–Trinajstić information content (AvgIpc) is 2.83. The molecule has 0 saturated carbocycles. The molecule has 1 heterocycles. The Hall–Kier alpha value is -3.41. The van der Waals surface area contributed by atoms with Gasteiger partial charge in [-0.3, -0.25) is 19.6 Å². The van der Waals surface area contributed by atoms with E-state index in [1.165, 1.54) is 12.1 Å². The van der Waals surface area contributed by atoms with Crippen molar-refractivity contribution in [3.63, 3.8) is 0 Å². The van der Waals surface area contributed by atoms with Gasteiger partial charge in [0.2, 0.25) is 0 Å². The van der Waals surface area contributed by atoms with E-state index in [9.17, 15) is 14.9 Å². The molecule has 3 rings (SSSR count). The van der Waals surface area contributed by atoms with E-state index in [0.717, 1.165) is 11.4 Å². The van der Waals surface area contributed by atoms with Gasteiger partial charge in [-0.15, -0.1) is 0 Å². The number of aromatic nitrogens is 2. The molecule has 3 aromatic rings. The Bertz CT molecular complexity index is 1010. The average molecular weight is 335 g/mol. The van der Waals surface area contributed by atoms with Gasteiger partial charge in [0.05, 0.1) is 16.2 Å². The molecule has 0 aliphatic heterocycles. The molecule has 6 nitrogen and oxygen atoms in total. The number of nitro benzene ring substituents is 1. The molecule has 0 atom stereocenters. The van der Waals surface area contributed by atoms with Crippen LogP contribution in [0, 0.1) is 17.0 Å². The van der Waals surface area contributed by atoms with Crippen LogP contribution in [-0.4, -0.2) is 14.3 Å². The van der Waals surface area contributed by atoms with Gasteiger partial charge in [0.25, 0.3) is 11.2 Å². The minimum absolute atomic E-state index is 0.0219. The van der Waals surface area contributed by atoms with Gasteiger partial charge < -0.3 is 0 Å². The van der Waals surface area contributed by atoms with Crippen LogP contribution in [0.4, 0.5) is 5.69 Å². The summed E-state index contributed by atoms with van der Waals surface area (Å²) in [5.41, 5.74) is 2.71. The van der Waals surface area contributed by atoms with Crippen LogP contribution in [0.5, 0.6) is 0 Å².